The van der Waals surface area contributed by atoms with Gasteiger partial charge in [0, 0.05) is 12.6 Å². The summed E-state index contributed by atoms with van der Waals surface area (Å²) in [5.41, 5.74) is 0.860. The fraction of sp³-hybridized carbons (Fsp3) is 0.300. The Labute approximate surface area is 72.7 Å². The van der Waals surface area contributed by atoms with Crippen LogP contribution in [0.1, 0.15) is 19.8 Å². The van der Waals surface area contributed by atoms with Gasteiger partial charge in [0.2, 0.25) is 5.91 Å². The molecule has 0 radical (unpaired) electrons. The highest BCUT2D eigenvalue weighted by Crippen LogP contribution is 2.02. The van der Waals surface area contributed by atoms with Crippen molar-refractivity contribution >= 4 is 5.91 Å². The zero-order valence-corrected chi connectivity index (χ0v) is 7.21. The van der Waals surface area contributed by atoms with Crippen LogP contribution in [0.4, 0.5) is 0 Å². The van der Waals surface area contributed by atoms with Gasteiger partial charge in [-0.05, 0) is 25.0 Å². The molecule has 1 rings (SSSR count). The molecule has 1 amide bonds. The lowest BCUT2D eigenvalue weighted by molar-refractivity contribution is -0.118. The molecule has 0 aliphatic heterocycles. The summed E-state index contributed by atoms with van der Waals surface area (Å²) in [5, 5.41) is 2.73. The summed E-state index contributed by atoms with van der Waals surface area (Å²) < 4.78 is 0. The van der Waals surface area contributed by atoms with Crippen molar-refractivity contribution in [3.05, 3.63) is 36.1 Å². The van der Waals surface area contributed by atoms with Crippen molar-refractivity contribution in [1.82, 2.24) is 5.32 Å². The molecule has 0 heterocycles. The summed E-state index contributed by atoms with van der Waals surface area (Å²) >= 11 is 0. The van der Waals surface area contributed by atoms with Crippen LogP contribution in [0.15, 0.2) is 36.1 Å². The summed E-state index contributed by atoms with van der Waals surface area (Å²) in [6, 6.07) is 0. The largest absolute Gasteiger partial charge is 0.326 e. The van der Waals surface area contributed by atoms with Gasteiger partial charge in [-0.2, -0.15) is 0 Å². The minimum Gasteiger partial charge on any atom is -0.326 e. The van der Waals surface area contributed by atoms with Crippen LogP contribution in [0.2, 0.25) is 0 Å². The maximum absolute atomic E-state index is 10.7. The molecule has 1 aliphatic rings. The lowest BCUT2D eigenvalue weighted by Gasteiger charge is -2.02. The van der Waals surface area contributed by atoms with E-state index in [-0.39, 0.29) is 5.91 Å². The van der Waals surface area contributed by atoms with Crippen LogP contribution >= 0.6 is 0 Å². The SMILES string of the molecule is CC(=O)NC1=CC=CCCC=C1. The highest BCUT2D eigenvalue weighted by molar-refractivity contribution is 5.75. The van der Waals surface area contributed by atoms with Crippen molar-refractivity contribution in [2.75, 3.05) is 0 Å². The summed E-state index contributed by atoms with van der Waals surface area (Å²) in [6.07, 6.45) is 12.1. The van der Waals surface area contributed by atoms with Crippen LogP contribution in [0.25, 0.3) is 0 Å². The van der Waals surface area contributed by atoms with E-state index in [1.54, 1.807) is 0 Å². The van der Waals surface area contributed by atoms with Gasteiger partial charge < -0.3 is 5.32 Å². The second-order valence-corrected chi connectivity index (χ2v) is 2.71. The minimum atomic E-state index is -0.0279. The predicted octanol–water partition coefficient (Wildman–Crippen LogP) is 1.91. The van der Waals surface area contributed by atoms with Crippen molar-refractivity contribution in [2.45, 2.75) is 19.8 Å². The fourth-order valence-electron chi connectivity index (χ4n) is 1.01. The van der Waals surface area contributed by atoms with E-state index in [4.69, 9.17) is 0 Å². The van der Waals surface area contributed by atoms with E-state index in [1.807, 2.05) is 18.2 Å². The van der Waals surface area contributed by atoms with Gasteiger partial charge in [-0.1, -0.05) is 18.2 Å². The fourth-order valence-corrected chi connectivity index (χ4v) is 1.01. The first-order valence-corrected chi connectivity index (χ1v) is 4.10. The van der Waals surface area contributed by atoms with Crippen molar-refractivity contribution in [2.24, 2.45) is 0 Å². The maximum atomic E-state index is 10.7. The second-order valence-electron chi connectivity index (χ2n) is 2.71. The molecule has 0 saturated heterocycles. The third-order valence-corrected chi connectivity index (χ3v) is 1.53. The molecule has 0 atom stereocenters. The predicted molar refractivity (Wildman–Crippen MR) is 49.4 cm³/mol. The van der Waals surface area contributed by atoms with Crippen LogP contribution in [-0.2, 0) is 4.79 Å². The molecule has 0 aromatic rings. The Morgan fingerprint density at radius 3 is 2.92 bits per heavy atom. The van der Waals surface area contributed by atoms with Gasteiger partial charge in [0.25, 0.3) is 0 Å². The Hall–Kier alpha value is -1.31. The van der Waals surface area contributed by atoms with Gasteiger partial charge in [-0.15, -0.1) is 0 Å². The third kappa shape index (κ3) is 3.19. The van der Waals surface area contributed by atoms with E-state index in [1.165, 1.54) is 6.92 Å². The highest BCUT2D eigenvalue weighted by atomic mass is 16.1. The summed E-state index contributed by atoms with van der Waals surface area (Å²) in [4.78, 5) is 10.7. The van der Waals surface area contributed by atoms with Crippen molar-refractivity contribution in [1.29, 1.82) is 0 Å². The van der Waals surface area contributed by atoms with E-state index in [0.717, 1.165) is 18.5 Å². The zero-order chi connectivity index (χ0) is 8.81. The Kier molecular flexibility index (Phi) is 3.33. The van der Waals surface area contributed by atoms with Gasteiger partial charge in [0.15, 0.2) is 0 Å². The van der Waals surface area contributed by atoms with E-state index < -0.39 is 0 Å². The van der Waals surface area contributed by atoms with Crippen LogP contribution in [0.5, 0.6) is 0 Å². The van der Waals surface area contributed by atoms with Crippen LogP contribution in [-0.4, -0.2) is 5.91 Å². The van der Waals surface area contributed by atoms with Gasteiger partial charge in [-0.25, -0.2) is 0 Å². The number of hydrogen-bond donors (Lipinski definition) is 1. The van der Waals surface area contributed by atoms with Crippen molar-refractivity contribution < 1.29 is 4.79 Å². The lowest BCUT2D eigenvalue weighted by atomic mass is 10.2. The molecule has 0 saturated carbocycles. The molecular formula is C10H13NO. The standard InChI is InChI=1S/C10H13NO/c1-9(12)11-10-7-5-3-2-4-6-8-10/h3,5-8H,2,4H2,1H3,(H,11,12). The van der Waals surface area contributed by atoms with Crippen molar-refractivity contribution in [3.63, 3.8) is 0 Å². The number of carbonyl (C=O) groups excluding carboxylic acids is 1. The topological polar surface area (TPSA) is 29.1 Å². The molecule has 0 bridgehead atoms. The Morgan fingerprint density at radius 1 is 1.42 bits per heavy atom. The Bertz CT molecular complexity index is 249. The molecule has 1 N–H and O–H groups in total. The molecule has 0 spiro atoms. The van der Waals surface area contributed by atoms with Crippen LogP contribution < -0.4 is 5.32 Å². The first-order chi connectivity index (χ1) is 5.79. The van der Waals surface area contributed by atoms with Crippen LogP contribution in [0, 0.1) is 0 Å². The van der Waals surface area contributed by atoms with E-state index in [9.17, 15) is 4.79 Å². The molecule has 12 heavy (non-hydrogen) atoms. The van der Waals surface area contributed by atoms with Gasteiger partial charge >= 0.3 is 0 Å². The maximum Gasteiger partial charge on any atom is 0.221 e. The number of amides is 1. The molecule has 2 nitrogen and oxygen atoms in total. The first kappa shape index (κ1) is 8.78. The average Bonchev–Trinajstić information content (AvgIpc) is 1.93. The summed E-state index contributed by atoms with van der Waals surface area (Å²) in [5.74, 6) is -0.0279. The molecule has 1 aliphatic carbocycles. The molecule has 2 heteroatoms. The number of allylic oxidation sites excluding steroid dienone is 5. The second kappa shape index (κ2) is 4.54. The summed E-state index contributed by atoms with van der Waals surface area (Å²) in [6.45, 7) is 1.51. The number of hydrogen-bond acceptors (Lipinski definition) is 1. The van der Waals surface area contributed by atoms with Gasteiger partial charge in [-0.3, -0.25) is 4.79 Å². The molecular weight excluding hydrogens is 150 g/mol. The summed E-state index contributed by atoms with van der Waals surface area (Å²) in [7, 11) is 0. The molecule has 0 unspecified atom stereocenters. The first-order valence-electron chi connectivity index (χ1n) is 4.10. The molecule has 64 valence electrons. The monoisotopic (exact) mass is 163 g/mol. The van der Waals surface area contributed by atoms with E-state index >= 15 is 0 Å². The Balaban J connectivity index is 2.64. The van der Waals surface area contributed by atoms with Crippen molar-refractivity contribution in [3.8, 4) is 0 Å². The zero-order valence-electron chi connectivity index (χ0n) is 7.21. The lowest BCUT2D eigenvalue weighted by Crippen LogP contribution is -2.17. The molecule has 0 aromatic heterocycles. The number of carbonyl (C=O) groups is 1. The number of nitrogens with one attached hydrogen (secondary N) is 1. The molecule has 0 aromatic carbocycles. The minimum absolute atomic E-state index is 0.0279. The van der Waals surface area contributed by atoms with Gasteiger partial charge in [0.1, 0.15) is 0 Å². The normalized spacial score (nSPS) is 16.2. The van der Waals surface area contributed by atoms with Crippen LogP contribution in [0.3, 0.4) is 0 Å². The van der Waals surface area contributed by atoms with E-state index in [2.05, 4.69) is 17.5 Å². The molecule has 0 fully saturated rings. The van der Waals surface area contributed by atoms with Gasteiger partial charge in [0.05, 0.1) is 0 Å². The average molecular weight is 163 g/mol. The number of rotatable bonds is 1. The third-order valence-electron chi connectivity index (χ3n) is 1.53. The smallest absolute Gasteiger partial charge is 0.221 e. The quantitative estimate of drug-likeness (QED) is 0.628. The Morgan fingerprint density at radius 2 is 2.17 bits per heavy atom. The van der Waals surface area contributed by atoms with E-state index in [0.29, 0.717) is 0 Å². The highest BCUT2D eigenvalue weighted by Gasteiger charge is 1.94.